The summed E-state index contributed by atoms with van der Waals surface area (Å²) in [6.45, 7) is 4.59. The Hall–Kier alpha value is -3.36. The Morgan fingerprint density at radius 1 is 1.10 bits per heavy atom. The van der Waals surface area contributed by atoms with Gasteiger partial charge in [0.15, 0.2) is 17.3 Å². The average molecular weight is 406 g/mol. The highest BCUT2D eigenvalue weighted by atomic mass is 19.1. The predicted octanol–water partition coefficient (Wildman–Crippen LogP) is 3.12. The number of aryl methyl sites for hydroxylation is 1. The fourth-order valence-electron chi connectivity index (χ4n) is 3.99. The number of nitrogens with zero attached hydrogens (tertiary/aromatic N) is 8. The van der Waals surface area contributed by atoms with Crippen molar-refractivity contribution in [3.8, 4) is 11.5 Å². The molecule has 0 spiro atoms. The zero-order valence-electron chi connectivity index (χ0n) is 16.9. The van der Waals surface area contributed by atoms with Crippen molar-refractivity contribution in [1.82, 2.24) is 34.1 Å². The molecule has 4 aromatic heterocycles. The van der Waals surface area contributed by atoms with E-state index in [1.165, 1.54) is 18.9 Å². The lowest BCUT2D eigenvalue weighted by Gasteiger charge is -2.12. The smallest absolute Gasteiger partial charge is 0.245 e. The standard InChI is InChI=1S/C21H23FN8/c1-2-6-15-17(13-29-12-9-24-20(29)18-16(22)7-5-8-23-18)25-14-30-19(15)26-21(27-30)28-10-3-4-11-28/h5,7-9,12,14H,2-4,6,10-11,13H2,1H3. The van der Waals surface area contributed by atoms with Crippen LogP contribution < -0.4 is 4.90 Å². The molecule has 0 atom stereocenters. The van der Waals surface area contributed by atoms with Crippen molar-refractivity contribution in [2.45, 2.75) is 39.2 Å². The van der Waals surface area contributed by atoms with Crippen LogP contribution in [0.2, 0.25) is 0 Å². The number of hydrogen-bond acceptors (Lipinski definition) is 6. The van der Waals surface area contributed by atoms with Crippen LogP contribution in [0.1, 0.15) is 37.4 Å². The fourth-order valence-corrected chi connectivity index (χ4v) is 3.99. The Kier molecular flexibility index (Phi) is 4.86. The van der Waals surface area contributed by atoms with E-state index in [1.807, 2.05) is 10.8 Å². The molecule has 0 N–H and O–H groups in total. The first-order chi connectivity index (χ1) is 14.7. The molecular weight excluding hydrogens is 383 g/mol. The molecule has 0 amide bonds. The van der Waals surface area contributed by atoms with Gasteiger partial charge in [0.05, 0.1) is 12.2 Å². The van der Waals surface area contributed by atoms with Gasteiger partial charge in [0, 0.05) is 37.2 Å². The first kappa shape index (κ1) is 18.7. The van der Waals surface area contributed by atoms with Crippen LogP contribution in [0.3, 0.4) is 0 Å². The molecule has 0 radical (unpaired) electrons. The first-order valence-electron chi connectivity index (χ1n) is 10.3. The molecule has 0 unspecified atom stereocenters. The monoisotopic (exact) mass is 406 g/mol. The molecule has 0 bridgehead atoms. The maximum Gasteiger partial charge on any atom is 0.245 e. The van der Waals surface area contributed by atoms with Crippen LogP contribution >= 0.6 is 0 Å². The van der Waals surface area contributed by atoms with E-state index in [-0.39, 0.29) is 5.69 Å². The van der Waals surface area contributed by atoms with Crippen molar-refractivity contribution in [3.05, 3.63) is 54.1 Å². The topological polar surface area (TPSA) is 77.0 Å². The molecule has 9 heteroatoms. The number of hydrogen-bond donors (Lipinski definition) is 0. The van der Waals surface area contributed by atoms with Crippen molar-refractivity contribution in [2.75, 3.05) is 18.0 Å². The predicted molar refractivity (Wildman–Crippen MR) is 111 cm³/mol. The molecule has 5 rings (SSSR count). The number of halogens is 1. The van der Waals surface area contributed by atoms with Crippen LogP contribution in [0.15, 0.2) is 37.1 Å². The van der Waals surface area contributed by atoms with Gasteiger partial charge in [-0.1, -0.05) is 13.3 Å². The Labute approximate surface area is 173 Å². The summed E-state index contributed by atoms with van der Waals surface area (Å²) in [5.74, 6) is 0.856. The number of fused-ring (bicyclic) bond motifs is 1. The van der Waals surface area contributed by atoms with Gasteiger partial charge in [0.1, 0.15) is 12.0 Å². The molecule has 154 valence electrons. The third-order valence-corrected chi connectivity index (χ3v) is 5.46. The molecule has 0 saturated carbocycles. The van der Waals surface area contributed by atoms with E-state index in [0.717, 1.165) is 48.8 Å². The van der Waals surface area contributed by atoms with E-state index in [0.29, 0.717) is 12.4 Å². The molecular formula is C21H23FN8. The van der Waals surface area contributed by atoms with E-state index >= 15 is 0 Å². The molecule has 1 aliphatic rings. The molecule has 1 aliphatic heterocycles. The van der Waals surface area contributed by atoms with Crippen molar-refractivity contribution in [2.24, 2.45) is 0 Å². The maximum absolute atomic E-state index is 14.3. The summed E-state index contributed by atoms with van der Waals surface area (Å²) in [6, 6.07) is 2.97. The first-order valence-corrected chi connectivity index (χ1v) is 10.3. The highest BCUT2D eigenvalue weighted by Gasteiger charge is 2.20. The second kappa shape index (κ2) is 7.81. The summed E-state index contributed by atoms with van der Waals surface area (Å²) in [4.78, 5) is 20.2. The quantitative estimate of drug-likeness (QED) is 0.490. The van der Waals surface area contributed by atoms with Crippen LogP contribution in [0.4, 0.5) is 10.3 Å². The number of imidazole rings is 1. The van der Waals surface area contributed by atoms with E-state index in [4.69, 9.17) is 4.98 Å². The largest absolute Gasteiger partial charge is 0.340 e. The molecule has 8 nitrogen and oxygen atoms in total. The van der Waals surface area contributed by atoms with Gasteiger partial charge in [-0.15, -0.1) is 5.10 Å². The van der Waals surface area contributed by atoms with E-state index in [1.54, 1.807) is 29.3 Å². The number of pyridine rings is 1. The minimum Gasteiger partial charge on any atom is -0.340 e. The minimum absolute atomic E-state index is 0.236. The van der Waals surface area contributed by atoms with Gasteiger partial charge in [-0.2, -0.15) is 4.98 Å². The van der Waals surface area contributed by atoms with E-state index < -0.39 is 5.82 Å². The lowest BCUT2D eigenvalue weighted by Crippen LogP contribution is -2.19. The summed E-state index contributed by atoms with van der Waals surface area (Å²) in [6.07, 6.45) is 10.9. The molecule has 1 saturated heterocycles. The van der Waals surface area contributed by atoms with E-state index in [2.05, 4.69) is 31.9 Å². The Morgan fingerprint density at radius 3 is 2.77 bits per heavy atom. The third-order valence-electron chi connectivity index (χ3n) is 5.46. The van der Waals surface area contributed by atoms with Gasteiger partial charge in [-0.3, -0.25) is 0 Å². The third kappa shape index (κ3) is 3.30. The second-order valence-electron chi connectivity index (χ2n) is 7.51. The zero-order chi connectivity index (χ0) is 20.5. The Bertz CT molecular complexity index is 1170. The Balaban J connectivity index is 1.54. The average Bonchev–Trinajstić information content (AvgIpc) is 3.50. The van der Waals surface area contributed by atoms with Gasteiger partial charge in [0.25, 0.3) is 0 Å². The Morgan fingerprint density at radius 2 is 1.97 bits per heavy atom. The molecule has 0 aromatic carbocycles. The van der Waals surface area contributed by atoms with Gasteiger partial charge in [0.2, 0.25) is 5.95 Å². The number of aromatic nitrogens is 7. The molecule has 5 heterocycles. The van der Waals surface area contributed by atoms with Gasteiger partial charge < -0.3 is 9.47 Å². The fraction of sp³-hybridized carbons (Fsp3) is 0.381. The zero-order valence-corrected chi connectivity index (χ0v) is 16.9. The van der Waals surface area contributed by atoms with Crippen LogP contribution in [-0.2, 0) is 13.0 Å². The maximum atomic E-state index is 14.3. The molecule has 1 fully saturated rings. The van der Waals surface area contributed by atoms with Crippen LogP contribution in [0.5, 0.6) is 0 Å². The van der Waals surface area contributed by atoms with Crippen molar-refractivity contribution < 1.29 is 4.39 Å². The van der Waals surface area contributed by atoms with Crippen LogP contribution in [0, 0.1) is 5.82 Å². The normalized spacial score (nSPS) is 14.1. The summed E-state index contributed by atoms with van der Waals surface area (Å²) in [5, 5.41) is 4.64. The summed E-state index contributed by atoms with van der Waals surface area (Å²) < 4.78 is 17.9. The number of anilines is 1. The lowest BCUT2D eigenvalue weighted by atomic mass is 10.1. The highest BCUT2D eigenvalue weighted by molar-refractivity contribution is 5.54. The SMILES string of the molecule is CCCc1c(Cn2ccnc2-c2ncccc2F)ncn2nc(N3CCCC3)nc12. The van der Waals surface area contributed by atoms with Gasteiger partial charge in [-0.25, -0.2) is 23.9 Å². The molecule has 0 aliphatic carbocycles. The van der Waals surface area contributed by atoms with E-state index in [9.17, 15) is 4.39 Å². The number of rotatable bonds is 6. The summed E-state index contributed by atoms with van der Waals surface area (Å²) in [7, 11) is 0. The van der Waals surface area contributed by atoms with Crippen molar-refractivity contribution in [1.29, 1.82) is 0 Å². The van der Waals surface area contributed by atoms with Gasteiger partial charge in [-0.05, 0) is 31.4 Å². The van der Waals surface area contributed by atoms with Crippen LogP contribution in [-0.4, -0.2) is 47.2 Å². The minimum atomic E-state index is -0.394. The lowest BCUT2D eigenvalue weighted by molar-refractivity contribution is 0.621. The summed E-state index contributed by atoms with van der Waals surface area (Å²) in [5.41, 5.74) is 3.04. The highest BCUT2D eigenvalue weighted by Crippen LogP contribution is 2.23. The summed E-state index contributed by atoms with van der Waals surface area (Å²) >= 11 is 0. The van der Waals surface area contributed by atoms with Gasteiger partial charge >= 0.3 is 0 Å². The van der Waals surface area contributed by atoms with Crippen molar-refractivity contribution >= 4 is 11.6 Å². The second-order valence-corrected chi connectivity index (χ2v) is 7.51. The van der Waals surface area contributed by atoms with Crippen molar-refractivity contribution in [3.63, 3.8) is 0 Å². The molecule has 4 aromatic rings. The molecule has 30 heavy (non-hydrogen) atoms. The van der Waals surface area contributed by atoms with Crippen LogP contribution in [0.25, 0.3) is 17.2 Å².